The van der Waals surface area contributed by atoms with Gasteiger partial charge in [-0.1, -0.05) is 29.3 Å². The summed E-state index contributed by atoms with van der Waals surface area (Å²) >= 11 is 12.1. The van der Waals surface area contributed by atoms with E-state index in [0.29, 0.717) is 37.9 Å². The normalized spacial score (nSPS) is 10.8. The van der Waals surface area contributed by atoms with E-state index in [2.05, 4.69) is 10.3 Å². The summed E-state index contributed by atoms with van der Waals surface area (Å²) in [7, 11) is 0. The molecule has 1 heterocycles. The van der Waals surface area contributed by atoms with Gasteiger partial charge in [0.1, 0.15) is 5.82 Å². The van der Waals surface area contributed by atoms with E-state index in [-0.39, 0.29) is 5.82 Å². The van der Waals surface area contributed by atoms with E-state index >= 15 is 0 Å². The molecule has 0 radical (unpaired) electrons. The number of benzene rings is 2. The van der Waals surface area contributed by atoms with Crippen molar-refractivity contribution in [3.63, 3.8) is 0 Å². The van der Waals surface area contributed by atoms with Gasteiger partial charge in [0.25, 0.3) is 5.91 Å². The van der Waals surface area contributed by atoms with Gasteiger partial charge in [-0.3, -0.25) is 9.78 Å². The maximum absolute atomic E-state index is 13.4. The lowest BCUT2D eigenvalue weighted by Gasteiger charge is -2.11. The second-order valence-electron chi connectivity index (χ2n) is 5.01. The molecule has 0 fully saturated rings. The second-order valence-corrected chi connectivity index (χ2v) is 5.82. The highest BCUT2D eigenvalue weighted by Gasteiger charge is 2.15. The van der Waals surface area contributed by atoms with Gasteiger partial charge >= 0.3 is 0 Å². The summed E-state index contributed by atoms with van der Waals surface area (Å²) in [5.74, 6) is -0.792. The summed E-state index contributed by atoms with van der Waals surface area (Å²) < 4.78 is 13.4. The zero-order chi connectivity index (χ0) is 16.6. The molecule has 0 spiro atoms. The van der Waals surface area contributed by atoms with Crippen molar-refractivity contribution in [1.29, 1.82) is 0 Å². The molecule has 3 rings (SSSR count). The van der Waals surface area contributed by atoms with Crippen LogP contribution >= 0.6 is 23.2 Å². The maximum Gasteiger partial charge on any atom is 0.257 e. The lowest BCUT2D eigenvalue weighted by Crippen LogP contribution is -2.15. The molecule has 2 aromatic carbocycles. The van der Waals surface area contributed by atoms with Crippen molar-refractivity contribution in [2.75, 3.05) is 5.32 Å². The summed E-state index contributed by atoms with van der Waals surface area (Å²) in [6.45, 7) is 1.71. The summed E-state index contributed by atoms with van der Waals surface area (Å²) in [6.07, 6.45) is 0. The summed E-state index contributed by atoms with van der Waals surface area (Å²) in [6, 6.07) is 10.8. The topological polar surface area (TPSA) is 42.0 Å². The number of fused-ring (bicyclic) bond motifs is 1. The van der Waals surface area contributed by atoms with Gasteiger partial charge in [-0.25, -0.2) is 4.39 Å². The first-order chi connectivity index (χ1) is 11.0. The Morgan fingerprint density at radius 2 is 1.83 bits per heavy atom. The Labute approximate surface area is 142 Å². The van der Waals surface area contributed by atoms with Gasteiger partial charge in [-0.05, 0) is 43.3 Å². The van der Waals surface area contributed by atoms with Crippen molar-refractivity contribution < 1.29 is 9.18 Å². The van der Waals surface area contributed by atoms with Gasteiger partial charge in [-0.2, -0.15) is 0 Å². The number of rotatable bonds is 2. The molecule has 3 aromatic rings. The first kappa shape index (κ1) is 15.7. The number of aromatic nitrogens is 1. The average Bonchev–Trinajstić information content (AvgIpc) is 2.50. The Balaban J connectivity index is 2.02. The Kier molecular flexibility index (Phi) is 4.20. The molecule has 23 heavy (non-hydrogen) atoms. The van der Waals surface area contributed by atoms with E-state index in [4.69, 9.17) is 23.2 Å². The van der Waals surface area contributed by atoms with Crippen LogP contribution in [0, 0.1) is 12.7 Å². The van der Waals surface area contributed by atoms with Crippen LogP contribution in [0.4, 0.5) is 10.1 Å². The van der Waals surface area contributed by atoms with Crippen LogP contribution in [0.25, 0.3) is 10.9 Å². The first-order valence-electron chi connectivity index (χ1n) is 6.78. The molecule has 1 N–H and O–H groups in total. The number of nitrogens with zero attached hydrogens (tertiary/aromatic N) is 1. The smallest absolute Gasteiger partial charge is 0.257 e. The van der Waals surface area contributed by atoms with E-state index in [9.17, 15) is 9.18 Å². The molecule has 0 saturated carbocycles. The number of para-hydroxylation sites is 1. The average molecular weight is 349 g/mol. The highest BCUT2D eigenvalue weighted by Crippen LogP contribution is 2.30. The number of anilines is 1. The molecule has 1 amide bonds. The van der Waals surface area contributed by atoms with E-state index in [1.165, 1.54) is 12.1 Å². The van der Waals surface area contributed by atoms with Crippen molar-refractivity contribution in [2.24, 2.45) is 0 Å². The van der Waals surface area contributed by atoms with Crippen LogP contribution in [0.2, 0.25) is 10.0 Å². The van der Waals surface area contributed by atoms with Crippen molar-refractivity contribution in [3.05, 3.63) is 69.6 Å². The SMILES string of the molecule is Cc1nc2ccc(F)cc2cc1C(=O)Nc1c(Cl)cccc1Cl. The van der Waals surface area contributed by atoms with Gasteiger partial charge in [0.05, 0.1) is 32.5 Å². The van der Waals surface area contributed by atoms with E-state index in [1.54, 1.807) is 37.3 Å². The van der Waals surface area contributed by atoms with Gasteiger partial charge in [0.2, 0.25) is 0 Å². The predicted molar refractivity (Wildman–Crippen MR) is 90.9 cm³/mol. The highest BCUT2D eigenvalue weighted by atomic mass is 35.5. The molecule has 0 saturated heterocycles. The third kappa shape index (κ3) is 3.14. The Morgan fingerprint density at radius 3 is 2.52 bits per heavy atom. The number of carbonyl (C=O) groups excluding carboxylic acids is 1. The quantitative estimate of drug-likeness (QED) is 0.687. The zero-order valence-electron chi connectivity index (χ0n) is 12.0. The third-order valence-corrected chi connectivity index (χ3v) is 4.04. The lowest BCUT2D eigenvalue weighted by atomic mass is 10.1. The summed E-state index contributed by atoms with van der Waals surface area (Å²) in [5.41, 5.74) is 1.82. The van der Waals surface area contributed by atoms with E-state index < -0.39 is 5.91 Å². The van der Waals surface area contributed by atoms with Crippen molar-refractivity contribution in [3.8, 4) is 0 Å². The fraction of sp³-hybridized carbons (Fsp3) is 0.0588. The van der Waals surface area contributed by atoms with E-state index in [0.717, 1.165) is 0 Å². The van der Waals surface area contributed by atoms with Crippen LogP contribution in [-0.2, 0) is 0 Å². The zero-order valence-corrected chi connectivity index (χ0v) is 13.5. The molecule has 0 atom stereocenters. The summed E-state index contributed by atoms with van der Waals surface area (Å²) in [4.78, 5) is 16.8. The van der Waals surface area contributed by atoms with Crippen molar-refractivity contribution in [1.82, 2.24) is 4.98 Å². The molecule has 0 bridgehead atoms. The predicted octanol–water partition coefficient (Wildman–Crippen LogP) is 5.24. The number of hydrogen-bond acceptors (Lipinski definition) is 2. The Hall–Kier alpha value is -2.17. The number of pyridine rings is 1. The van der Waals surface area contributed by atoms with Crippen LogP contribution in [0.1, 0.15) is 16.1 Å². The largest absolute Gasteiger partial charge is 0.319 e. The number of nitrogens with one attached hydrogen (secondary N) is 1. The number of amides is 1. The second kappa shape index (κ2) is 6.14. The Morgan fingerprint density at radius 1 is 1.13 bits per heavy atom. The maximum atomic E-state index is 13.4. The molecule has 116 valence electrons. The first-order valence-corrected chi connectivity index (χ1v) is 7.53. The molecule has 0 aliphatic carbocycles. The van der Waals surface area contributed by atoms with Crippen LogP contribution in [0.3, 0.4) is 0 Å². The fourth-order valence-corrected chi connectivity index (χ4v) is 2.76. The molecule has 1 aromatic heterocycles. The molecular weight excluding hydrogens is 338 g/mol. The van der Waals surface area contributed by atoms with Crippen LogP contribution < -0.4 is 5.32 Å². The summed E-state index contributed by atoms with van der Waals surface area (Å²) in [5, 5.41) is 3.90. The minimum atomic E-state index is -0.406. The lowest BCUT2D eigenvalue weighted by molar-refractivity contribution is 0.102. The van der Waals surface area contributed by atoms with Crippen LogP contribution in [-0.4, -0.2) is 10.9 Å². The molecule has 0 aliphatic rings. The molecular formula is C17H11Cl2FN2O. The van der Waals surface area contributed by atoms with Crippen LogP contribution in [0.15, 0.2) is 42.5 Å². The van der Waals surface area contributed by atoms with Crippen molar-refractivity contribution in [2.45, 2.75) is 6.92 Å². The van der Waals surface area contributed by atoms with Gasteiger partial charge < -0.3 is 5.32 Å². The van der Waals surface area contributed by atoms with Gasteiger partial charge in [0.15, 0.2) is 0 Å². The minimum absolute atomic E-state index is 0.332. The number of aryl methyl sites for hydroxylation is 1. The minimum Gasteiger partial charge on any atom is -0.319 e. The molecule has 6 heteroatoms. The number of halogens is 3. The Bertz CT molecular complexity index is 908. The number of carbonyl (C=O) groups is 1. The van der Waals surface area contributed by atoms with Crippen molar-refractivity contribution >= 4 is 45.7 Å². The molecule has 3 nitrogen and oxygen atoms in total. The third-order valence-electron chi connectivity index (χ3n) is 3.41. The molecule has 0 aliphatic heterocycles. The molecule has 0 unspecified atom stereocenters. The number of hydrogen-bond donors (Lipinski definition) is 1. The van der Waals surface area contributed by atoms with Crippen LogP contribution in [0.5, 0.6) is 0 Å². The highest BCUT2D eigenvalue weighted by molar-refractivity contribution is 6.40. The monoisotopic (exact) mass is 348 g/mol. The van der Waals surface area contributed by atoms with E-state index in [1.807, 2.05) is 0 Å². The van der Waals surface area contributed by atoms with Gasteiger partial charge in [-0.15, -0.1) is 0 Å². The fourth-order valence-electron chi connectivity index (χ4n) is 2.27. The standard InChI is InChI=1S/C17H11Cl2FN2O/c1-9-12(8-10-7-11(20)5-6-15(10)21-9)17(23)22-16-13(18)3-2-4-14(16)19/h2-8H,1H3,(H,22,23). The van der Waals surface area contributed by atoms with Gasteiger partial charge in [0, 0.05) is 5.39 Å².